The lowest BCUT2D eigenvalue weighted by Crippen LogP contribution is -2.10. The first kappa shape index (κ1) is 12.6. The molecule has 0 aliphatic rings. The van der Waals surface area contributed by atoms with Gasteiger partial charge in [0.05, 0.1) is 0 Å². The Hall–Kier alpha value is -1.88. The largest absolute Gasteiger partial charge is 0.454 e. The minimum absolute atomic E-state index is 0.108. The summed E-state index contributed by atoms with van der Waals surface area (Å²) in [5.74, 6) is -0.444. The quantitative estimate of drug-likeness (QED) is 0.943. The number of benzene rings is 2. The highest BCUT2D eigenvalue weighted by Crippen LogP contribution is 2.27. The second-order valence-electron chi connectivity index (χ2n) is 3.57. The molecular weight excluding hydrogens is 301 g/mol. The third-order valence-corrected chi connectivity index (χ3v) is 2.75. The highest BCUT2D eigenvalue weighted by Gasteiger charge is 2.06. The van der Waals surface area contributed by atoms with E-state index < -0.39 is 11.7 Å². The molecular formula is C13H9BrFNO2. The lowest BCUT2D eigenvalue weighted by atomic mass is 10.2. The van der Waals surface area contributed by atoms with E-state index in [9.17, 15) is 9.18 Å². The predicted molar refractivity (Wildman–Crippen MR) is 69.1 cm³/mol. The molecule has 0 fully saturated rings. The minimum atomic E-state index is -0.518. The lowest BCUT2D eigenvalue weighted by molar-refractivity contribution is 0.100. The van der Waals surface area contributed by atoms with Crippen molar-refractivity contribution in [2.24, 2.45) is 5.73 Å². The van der Waals surface area contributed by atoms with Crippen LogP contribution in [-0.4, -0.2) is 5.91 Å². The Kier molecular flexibility index (Phi) is 3.62. The van der Waals surface area contributed by atoms with Gasteiger partial charge in [0.2, 0.25) is 5.91 Å². The second kappa shape index (κ2) is 5.18. The SMILES string of the molecule is NC(=O)c1ccc(Oc2cc(Br)ccc2F)cc1. The van der Waals surface area contributed by atoms with Crippen molar-refractivity contribution < 1.29 is 13.9 Å². The molecule has 92 valence electrons. The van der Waals surface area contributed by atoms with E-state index in [1.165, 1.54) is 24.3 Å². The molecule has 0 saturated carbocycles. The number of rotatable bonds is 3. The molecule has 0 aliphatic heterocycles. The first-order chi connectivity index (χ1) is 8.56. The van der Waals surface area contributed by atoms with Crippen LogP contribution in [0, 0.1) is 5.82 Å². The Morgan fingerprint density at radius 2 is 1.83 bits per heavy atom. The van der Waals surface area contributed by atoms with E-state index in [2.05, 4.69) is 15.9 Å². The number of ether oxygens (including phenoxy) is 1. The monoisotopic (exact) mass is 309 g/mol. The molecule has 2 aromatic carbocycles. The maximum absolute atomic E-state index is 13.4. The average Bonchev–Trinajstić information content (AvgIpc) is 2.34. The summed E-state index contributed by atoms with van der Waals surface area (Å²) in [5.41, 5.74) is 5.49. The normalized spacial score (nSPS) is 10.1. The highest BCUT2D eigenvalue weighted by molar-refractivity contribution is 9.10. The fourth-order valence-electron chi connectivity index (χ4n) is 1.37. The molecule has 5 heteroatoms. The van der Waals surface area contributed by atoms with E-state index in [0.717, 1.165) is 0 Å². The standard InChI is InChI=1S/C13H9BrFNO2/c14-9-3-6-11(15)12(7-9)18-10-4-1-8(2-5-10)13(16)17/h1-7H,(H2,16,17). The summed E-state index contributed by atoms with van der Waals surface area (Å²) in [6, 6.07) is 10.6. The minimum Gasteiger partial charge on any atom is -0.454 e. The third-order valence-electron chi connectivity index (χ3n) is 2.26. The number of amides is 1. The number of hydrogen-bond donors (Lipinski definition) is 1. The van der Waals surface area contributed by atoms with Crippen molar-refractivity contribution >= 4 is 21.8 Å². The lowest BCUT2D eigenvalue weighted by Gasteiger charge is -2.07. The van der Waals surface area contributed by atoms with E-state index in [1.54, 1.807) is 18.2 Å². The van der Waals surface area contributed by atoms with Crippen molar-refractivity contribution in [1.82, 2.24) is 0 Å². The van der Waals surface area contributed by atoms with Gasteiger partial charge in [-0.05, 0) is 42.5 Å². The molecule has 0 spiro atoms. The molecule has 18 heavy (non-hydrogen) atoms. The smallest absolute Gasteiger partial charge is 0.248 e. The first-order valence-electron chi connectivity index (χ1n) is 5.09. The van der Waals surface area contributed by atoms with Crippen molar-refractivity contribution in [1.29, 1.82) is 0 Å². The van der Waals surface area contributed by atoms with E-state index in [4.69, 9.17) is 10.5 Å². The van der Waals surface area contributed by atoms with Gasteiger partial charge in [-0.25, -0.2) is 4.39 Å². The predicted octanol–water partition coefficient (Wildman–Crippen LogP) is 3.48. The van der Waals surface area contributed by atoms with Gasteiger partial charge < -0.3 is 10.5 Å². The molecule has 0 heterocycles. The molecule has 0 unspecified atom stereocenters. The number of carbonyl (C=O) groups excluding carboxylic acids is 1. The highest BCUT2D eigenvalue weighted by atomic mass is 79.9. The summed E-state index contributed by atoms with van der Waals surface area (Å²) in [7, 11) is 0. The zero-order chi connectivity index (χ0) is 13.1. The number of hydrogen-bond acceptors (Lipinski definition) is 2. The Labute approximate surface area is 112 Å². The molecule has 0 aromatic heterocycles. The fourth-order valence-corrected chi connectivity index (χ4v) is 1.71. The molecule has 2 aromatic rings. The Morgan fingerprint density at radius 1 is 1.17 bits per heavy atom. The maximum Gasteiger partial charge on any atom is 0.248 e. The Bertz CT molecular complexity index is 584. The summed E-state index contributed by atoms with van der Waals surface area (Å²) >= 11 is 3.23. The summed E-state index contributed by atoms with van der Waals surface area (Å²) in [6.45, 7) is 0. The van der Waals surface area contributed by atoms with E-state index in [-0.39, 0.29) is 5.75 Å². The zero-order valence-electron chi connectivity index (χ0n) is 9.19. The molecule has 3 nitrogen and oxygen atoms in total. The molecule has 2 rings (SSSR count). The number of halogens is 2. The van der Waals surface area contributed by atoms with Crippen molar-refractivity contribution in [3.8, 4) is 11.5 Å². The van der Waals surface area contributed by atoms with Crippen molar-refractivity contribution in [3.05, 3.63) is 58.3 Å². The molecule has 0 saturated heterocycles. The Balaban J connectivity index is 2.23. The molecule has 0 bridgehead atoms. The van der Waals surface area contributed by atoms with Crippen LogP contribution >= 0.6 is 15.9 Å². The van der Waals surface area contributed by atoms with Gasteiger partial charge in [-0.1, -0.05) is 15.9 Å². The van der Waals surface area contributed by atoms with Gasteiger partial charge in [-0.3, -0.25) is 4.79 Å². The fraction of sp³-hybridized carbons (Fsp3) is 0. The molecule has 1 amide bonds. The van der Waals surface area contributed by atoms with Crippen LogP contribution in [0.5, 0.6) is 11.5 Å². The van der Waals surface area contributed by atoms with Gasteiger partial charge in [0.15, 0.2) is 11.6 Å². The zero-order valence-corrected chi connectivity index (χ0v) is 10.8. The molecule has 0 radical (unpaired) electrons. The van der Waals surface area contributed by atoms with Crippen LogP contribution in [-0.2, 0) is 0 Å². The van der Waals surface area contributed by atoms with Crippen LogP contribution in [0.25, 0.3) is 0 Å². The maximum atomic E-state index is 13.4. The van der Waals surface area contributed by atoms with Gasteiger partial charge >= 0.3 is 0 Å². The number of nitrogens with two attached hydrogens (primary N) is 1. The van der Waals surface area contributed by atoms with Crippen LogP contribution in [0.4, 0.5) is 4.39 Å². The first-order valence-corrected chi connectivity index (χ1v) is 5.88. The van der Waals surface area contributed by atoms with Gasteiger partial charge in [0, 0.05) is 10.0 Å². The topological polar surface area (TPSA) is 52.3 Å². The molecule has 2 N–H and O–H groups in total. The van der Waals surface area contributed by atoms with Gasteiger partial charge in [0.1, 0.15) is 5.75 Å². The third kappa shape index (κ3) is 2.87. The summed E-state index contributed by atoms with van der Waals surface area (Å²) in [4.78, 5) is 10.9. The van der Waals surface area contributed by atoms with Crippen LogP contribution in [0.3, 0.4) is 0 Å². The molecule has 0 aliphatic carbocycles. The summed E-state index contributed by atoms with van der Waals surface area (Å²) in [6.07, 6.45) is 0. The van der Waals surface area contributed by atoms with Crippen LogP contribution in [0.15, 0.2) is 46.9 Å². The van der Waals surface area contributed by atoms with Crippen molar-refractivity contribution in [2.45, 2.75) is 0 Å². The van der Waals surface area contributed by atoms with E-state index in [1.807, 2.05) is 0 Å². The Morgan fingerprint density at radius 3 is 2.44 bits per heavy atom. The summed E-state index contributed by atoms with van der Waals surface area (Å²) < 4.78 is 19.5. The number of carbonyl (C=O) groups is 1. The van der Waals surface area contributed by atoms with Gasteiger partial charge in [0.25, 0.3) is 0 Å². The van der Waals surface area contributed by atoms with E-state index >= 15 is 0 Å². The summed E-state index contributed by atoms with van der Waals surface area (Å²) in [5, 5.41) is 0. The van der Waals surface area contributed by atoms with Crippen molar-refractivity contribution in [2.75, 3.05) is 0 Å². The second-order valence-corrected chi connectivity index (χ2v) is 4.48. The van der Waals surface area contributed by atoms with Crippen LogP contribution in [0.2, 0.25) is 0 Å². The van der Waals surface area contributed by atoms with Crippen molar-refractivity contribution in [3.63, 3.8) is 0 Å². The van der Waals surface area contributed by atoms with Gasteiger partial charge in [-0.15, -0.1) is 0 Å². The van der Waals surface area contributed by atoms with Crippen LogP contribution in [0.1, 0.15) is 10.4 Å². The molecule has 0 atom stereocenters. The average molecular weight is 310 g/mol. The van der Waals surface area contributed by atoms with Gasteiger partial charge in [-0.2, -0.15) is 0 Å². The van der Waals surface area contributed by atoms with E-state index in [0.29, 0.717) is 15.8 Å². The van der Waals surface area contributed by atoms with Crippen LogP contribution < -0.4 is 10.5 Å². The number of primary amides is 1.